The second kappa shape index (κ2) is 12.0. The number of carbonyl (C=O) groups excluding carboxylic acids is 2. The Morgan fingerprint density at radius 2 is 1.75 bits per heavy atom. The fraction of sp³-hybridized carbons (Fsp3) is 0.364. The van der Waals surface area contributed by atoms with Gasteiger partial charge in [-0.05, 0) is 59.3 Å². The first-order valence-electron chi connectivity index (χ1n) is 10.3. The van der Waals surface area contributed by atoms with E-state index in [1.165, 1.54) is 26.0 Å². The van der Waals surface area contributed by atoms with E-state index in [4.69, 9.17) is 11.6 Å². The van der Waals surface area contributed by atoms with E-state index in [-0.39, 0.29) is 28.3 Å². The van der Waals surface area contributed by atoms with E-state index in [9.17, 15) is 40.0 Å². The molecule has 0 heterocycles. The molecule has 36 heavy (non-hydrogen) atoms. The zero-order valence-corrected chi connectivity index (χ0v) is 22.5. The number of benzene rings is 2. The third kappa shape index (κ3) is 7.75. The van der Waals surface area contributed by atoms with Crippen LogP contribution in [0.1, 0.15) is 46.0 Å². The second-order valence-corrected chi connectivity index (χ2v) is 11.8. The molecule has 2 rings (SSSR count). The molecule has 0 radical (unpaired) electrons. The van der Waals surface area contributed by atoms with E-state index >= 15 is 0 Å². The normalized spacial score (nSPS) is 13.8. The number of sulfone groups is 1. The quantitative estimate of drug-likeness (QED) is 0.267. The first-order chi connectivity index (χ1) is 16.6. The Labute approximate surface area is 223 Å². The molecule has 2 atom stereocenters. The van der Waals surface area contributed by atoms with Crippen molar-refractivity contribution in [3.8, 4) is 0 Å². The van der Waals surface area contributed by atoms with Crippen LogP contribution in [0.5, 0.6) is 0 Å². The van der Waals surface area contributed by atoms with Gasteiger partial charge in [0.25, 0.3) is 18.2 Å². The predicted molar refractivity (Wildman–Crippen MR) is 135 cm³/mol. The van der Waals surface area contributed by atoms with Gasteiger partial charge in [-0.15, -0.1) is 0 Å². The lowest BCUT2D eigenvalue weighted by atomic mass is 9.98. The maximum absolute atomic E-state index is 13.0. The molecule has 0 aliphatic heterocycles. The van der Waals surface area contributed by atoms with Crippen molar-refractivity contribution in [3.63, 3.8) is 0 Å². The van der Waals surface area contributed by atoms with Gasteiger partial charge in [0.15, 0.2) is 9.84 Å². The highest BCUT2D eigenvalue weighted by Crippen LogP contribution is 2.41. The van der Waals surface area contributed by atoms with Gasteiger partial charge in [-0.25, -0.2) is 17.2 Å². The van der Waals surface area contributed by atoms with Crippen LogP contribution in [0.25, 0.3) is 0 Å². The monoisotopic (exact) mass is 666 g/mol. The summed E-state index contributed by atoms with van der Waals surface area (Å²) in [6.07, 6.45) is -8.93. The van der Waals surface area contributed by atoms with Crippen molar-refractivity contribution in [2.24, 2.45) is 0 Å². The molecular weight excluding hydrogens is 646 g/mol. The van der Waals surface area contributed by atoms with Gasteiger partial charge in [0.05, 0.1) is 27.6 Å². The third-order valence-electron chi connectivity index (χ3n) is 5.01. The number of hydrogen-bond acceptors (Lipinski definition) is 4. The topological polar surface area (TPSA) is 92.3 Å². The van der Waals surface area contributed by atoms with Crippen LogP contribution in [0.2, 0.25) is 5.02 Å². The van der Waals surface area contributed by atoms with Crippen LogP contribution in [-0.2, 0) is 9.84 Å². The Bertz CT molecular complexity index is 1240. The van der Waals surface area contributed by atoms with Crippen molar-refractivity contribution in [1.82, 2.24) is 5.32 Å². The zero-order chi connectivity index (χ0) is 27.4. The van der Waals surface area contributed by atoms with E-state index in [0.29, 0.717) is 9.64 Å². The lowest BCUT2D eigenvalue weighted by molar-refractivity contribution is -0.178. The molecular formula is C22H21ClF5IN2O4S. The Kier molecular flexibility index (Phi) is 10.1. The van der Waals surface area contributed by atoms with Gasteiger partial charge in [0, 0.05) is 15.4 Å². The Hall–Kier alpha value is -2.00. The van der Waals surface area contributed by atoms with Crippen LogP contribution < -0.4 is 10.6 Å². The maximum atomic E-state index is 13.0. The summed E-state index contributed by atoms with van der Waals surface area (Å²) in [7, 11) is -3.38. The molecule has 0 fully saturated rings. The molecule has 0 aliphatic rings. The molecule has 0 saturated heterocycles. The van der Waals surface area contributed by atoms with Crippen LogP contribution in [0, 0.1) is 3.57 Å². The lowest BCUT2D eigenvalue weighted by Crippen LogP contribution is -2.39. The number of halogens is 7. The van der Waals surface area contributed by atoms with Crippen molar-refractivity contribution in [2.75, 3.05) is 16.8 Å². The van der Waals surface area contributed by atoms with E-state index in [1.54, 1.807) is 6.07 Å². The van der Waals surface area contributed by atoms with Crippen molar-refractivity contribution in [2.45, 2.75) is 38.4 Å². The minimum Gasteiger partial charge on any atom is -0.349 e. The number of alkyl halides is 5. The molecule has 0 aliphatic carbocycles. The summed E-state index contributed by atoms with van der Waals surface area (Å²) in [5.41, 5.74) is -1.11. The molecule has 2 amide bonds. The molecule has 2 aromatic carbocycles. The van der Waals surface area contributed by atoms with Gasteiger partial charge in [-0.2, -0.15) is 13.2 Å². The highest BCUT2D eigenvalue weighted by atomic mass is 127. The minimum absolute atomic E-state index is 0.0566. The number of carbonyl (C=O) groups is 2. The van der Waals surface area contributed by atoms with Crippen molar-refractivity contribution in [3.05, 3.63) is 61.7 Å². The number of anilines is 1. The third-order valence-corrected chi connectivity index (χ3v) is 8.11. The summed E-state index contributed by atoms with van der Waals surface area (Å²) in [4.78, 5) is 25.8. The maximum Gasteiger partial charge on any atom is 0.401 e. The van der Waals surface area contributed by atoms with E-state index in [0.717, 1.165) is 12.1 Å². The fourth-order valence-corrected chi connectivity index (χ4v) is 5.33. The smallest absolute Gasteiger partial charge is 0.349 e. The Morgan fingerprint density at radius 3 is 2.28 bits per heavy atom. The lowest BCUT2D eigenvalue weighted by Gasteiger charge is -2.20. The zero-order valence-electron chi connectivity index (χ0n) is 18.8. The van der Waals surface area contributed by atoms with Crippen LogP contribution in [0.15, 0.2) is 36.4 Å². The number of amides is 2. The molecule has 0 spiro atoms. The molecule has 14 heteroatoms. The molecule has 198 valence electrons. The molecule has 0 bridgehead atoms. The van der Waals surface area contributed by atoms with Crippen LogP contribution >= 0.6 is 34.2 Å². The van der Waals surface area contributed by atoms with E-state index in [1.807, 2.05) is 22.6 Å². The van der Waals surface area contributed by atoms with Crippen LogP contribution in [0.4, 0.5) is 27.6 Å². The molecule has 0 aromatic heterocycles. The summed E-state index contributed by atoms with van der Waals surface area (Å²) in [5.74, 6) is -5.02. The molecule has 2 aromatic rings. The predicted octanol–water partition coefficient (Wildman–Crippen LogP) is 5.66. The standard InChI is InChI=1S/C22H21ClF5IN2O4S/c1-3-36(34,35)10-11(2)30-21(33)17-13(5-4-6-15(17)29)20(32)31-16-8-7-12(9-14(16)23)18(19(24)25)22(26,27)28/h4-9,11,18-19H,3,10H2,1-2H3,(H,30,33)(H,31,32)/t11-,18?/m0/s1. The van der Waals surface area contributed by atoms with E-state index < -0.39 is 56.8 Å². The number of hydrogen-bond donors (Lipinski definition) is 2. The largest absolute Gasteiger partial charge is 0.401 e. The SMILES string of the molecule is CCS(=O)(=O)C[C@H](C)NC(=O)c1c(I)cccc1C(=O)Nc1ccc(C(C(F)F)C(F)(F)F)cc1Cl. The van der Waals surface area contributed by atoms with Crippen LogP contribution in [-0.4, -0.2) is 50.4 Å². The fourth-order valence-electron chi connectivity index (χ4n) is 3.27. The first kappa shape index (κ1) is 30.2. The van der Waals surface area contributed by atoms with Crippen molar-refractivity contribution < 1.29 is 40.0 Å². The molecule has 6 nitrogen and oxygen atoms in total. The molecule has 1 unspecified atom stereocenters. The average Bonchev–Trinajstić information content (AvgIpc) is 2.73. The van der Waals surface area contributed by atoms with E-state index in [2.05, 4.69) is 10.6 Å². The van der Waals surface area contributed by atoms with Crippen molar-refractivity contribution >= 4 is 61.5 Å². The Morgan fingerprint density at radius 1 is 1.11 bits per heavy atom. The summed E-state index contributed by atoms with van der Waals surface area (Å²) in [6.45, 7) is 2.97. The highest BCUT2D eigenvalue weighted by molar-refractivity contribution is 14.1. The minimum atomic E-state index is -5.21. The highest BCUT2D eigenvalue weighted by Gasteiger charge is 2.47. The van der Waals surface area contributed by atoms with Gasteiger partial charge in [0.1, 0.15) is 5.92 Å². The van der Waals surface area contributed by atoms with Crippen LogP contribution in [0.3, 0.4) is 0 Å². The summed E-state index contributed by atoms with van der Waals surface area (Å²) in [6, 6.07) is 6.03. The summed E-state index contributed by atoms with van der Waals surface area (Å²) in [5, 5.41) is 4.49. The summed E-state index contributed by atoms with van der Waals surface area (Å²) < 4.78 is 89.1. The Balaban J connectivity index is 2.31. The first-order valence-corrected chi connectivity index (χ1v) is 13.6. The van der Waals surface area contributed by atoms with Gasteiger partial charge in [-0.3, -0.25) is 9.59 Å². The van der Waals surface area contributed by atoms with Crippen molar-refractivity contribution in [1.29, 1.82) is 0 Å². The number of rotatable bonds is 9. The van der Waals surface area contributed by atoms with Gasteiger partial charge >= 0.3 is 6.18 Å². The van der Waals surface area contributed by atoms with Gasteiger partial charge < -0.3 is 10.6 Å². The summed E-state index contributed by atoms with van der Waals surface area (Å²) >= 11 is 7.79. The number of nitrogens with one attached hydrogen (secondary N) is 2. The average molecular weight is 667 g/mol. The second-order valence-electron chi connectivity index (χ2n) is 7.78. The van der Waals surface area contributed by atoms with Gasteiger partial charge in [0.2, 0.25) is 0 Å². The van der Waals surface area contributed by atoms with Gasteiger partial charge in [-0.1, -0.05) is 30.7 Å². The molecule has 0 saturated carbocycles. The molecule has 2 N–H and O–H groups in total.